The van der Waals surface area contributed by atoms with E-state index in [0.29, 0.717) is 48.9 Å². The summed E-state index contributed by atoms with van der Waals surface area (Å²) >= 11 is 0. The molecule has 2 aliphatic heterocycles. The third-order valence-electron chi connectivity index (χ3n) is 6.07. The number of likely N-dealkylation sites (tertiary alicyclic amines) is 1. The van der Waals surface area contributed by atoms with Crippen molar-refractivity contribution < 1.29 is 23.8 Å². The van der Waals surface area contributed by atoms with Crippen LogP contribution in [-0.2, 0) is 11.2 Å². The molecule has 3 N–H and O–H groups in total. The van der Waals surface area contributed by atoms with Crippen molar-refractivity contribution >= 4 is 29.6 Å². The number of carbonyl (C=O) groups is 2. The molecule has 2 aromatic heterocycles. The van der Waals surface area contributed by atoms with Crippen molar-refractivity contribution in [2.45, 2.75) is 64.8 Å². The number of hydrogen-bond acceptors (Lipinski definition) is 9. The Morgan fingerprint density at radius 1 is 1.28 bits per heavy atom. The lowest BCUT2D eigenvalue weighted by atomic mass is 10.0. The Bertz CT molecular complexity index is 1310. The zero-order valence-corrected chi connectivity index (χ0v) is 23.3. The molecule has 39 heavy (non-hydrogen) atoms. The van der Waals surface area contributed by atoms with Gasteiger partial charge < -0.3 is 30.2 Å². The monoisotopic (exact) mass is 536 g/mol. The van der Waals surface area contributed by atoms with Crippen molar-refractivity contribution in [1.29, 1.82) is 0 Å². The lowest BCUT2D eigenvalue weighted by molar-refractivity contribution is 0.0274. The van der Waals surface area contributed by atoms with Crippen LogP contribution < -0.4 is 20.5 Å². The van der Waals surface area contributed by atoms with Gasteiger partial charge in [0.15, 0.2) is 0 Å². The Morgan fingerprint density at radius 2 is 2.05 bits per heavy atom. The van der Waals surface area contributed by atoms with Crippen molar-refractivity contribution in [3.8, 4) is 11.8 Å². The standard InChI is InChI=1S/C28H36N6O5/c1-27(2,3)39-26(36)34-11-10-19(16-34)37-25-20(12-17-13-28(4,5)38-24(17)33-25)23(35)32-22-9-7-8-21(31-22)18(14-29)15-30-6/h7-9,12,14-15,19H,10-11,13,16,29H2,1-6H3,(H,31,32,35)/b18-14+,30-15?. The number of nitrogens with two attached hydrogens (primary N) is 1. The maximum atomic E-state index is 13.5. The van der Waals surface area contributed by atoms with Crippen LogP contribution in [0.15, 0.2) is 35.5 Å². The number of aliphatic imine (C=N–C) groups is 1. The Morgan fingerprint density at radius 3 is 2.74 bits per heavy atom. The van der Waals surface area contributed by atoms with E-state index in [9.17, 15) is 9.59 Å². The molecule has 0 spiro atoms. The van der Waals surface area contributed by atoms with Gasteiger partial charge in [0.05, 0.1) is 12.2 Å². The number of allylic oxidation sites excluding steroid dienone is 1. The quantitative estimate of drug-likeness (QED) is 0.531. The largest absolute Gasteiger partial charge is 0.472 e. The van der Waals surface area contributed by atoms with Gasteiger partial charge in [-0.3, -0.25) is 9.79 Å². The van der Waals surface area contributed by atoms with E-state index in [2.05, 4.69) is 20.3 Å². The highest BCUT2D eigenvalue weighted by Gasteiger charge is 2.36. The predicted molar refractivity (Wildman–Crippen MR) is 148 cm³/mol. The zero-order valence-electron chi connectivity index (χ0n) is 23.3. The van der Waals surface area contributed by atoms with Gasteiger partial charge in [-0.25, -0.2) is 9.78 Å². The predicted octanol–water partition coefficient (Wildman–Crippen LogP) is 3.83. The summed E-state index contributed by atoms with van der Waals surface area (Å²) in [4.78, 5) is 40.7. The van der Waals surface area contributed by atoms with E-state index in [1.807, 2.05) is 34.6 Å². The first kappa shape index (κ1) is 27.9. The second kappa shape index (κ2) is 10.9. The van der Waals surface area contributed by atoms with E-state index in [4.69, 9.17) is 19.9 Å². The van der Waals surface area contributed by atoms with Gasteiger partial charge in [-0.2, -0.15) is 4.98 Å². The molecule has 0 aromatic carbocycles. The number of amides is 2. The van der Waals surface area contributed by atoms with Crippen LogP contribution >= 0.6 is 0 Å². The number of rotatable bonds is 6. The van der Waals surface area contributed by atoms with Crippen LogP contribution in [0.4, 0.5) is 10.6 Å². The van der Waals surface area contributed by atoms with Gasteiger partial charge in [0.1, 0.15) is 28.7 Å². The fraction of sp³-hybridized carbons (Fsp3) is 0.464. The van der Waals surface area contributed by atoms with E-state index in [1.165, 1.54) is 6.20 Å². The fourth-order valence-corrected chi connectivity index (χ4v) is 4.40. The van der Waals surface area contributed by atoms with Crippen LogP contribution in [0.25, 0.3) is 5.57 Å². The molecular formula is C28H36N6O5. The van der Waals surface area contributed by atoms with Crippen molar-refractivity contribution in [1.82, 2.24) is 14.9 Å². The summed E-state index contributed by atoms with van der Waals surface area (Å²) < 4.78 is 17.7. The van der Waals surface area contributed by atoms with Crippen LogP contribution in [0.2, 0.25) is 0 Å². The maximum Gasteiger partial charge on any atom is 0.410 e. The zero-order chi connectivity index (χ0) is 28.4. The summed E-state index contributed by atoms with van der Waals surface area (Å²) in [6.07, 6.45) is 3.40. The molecule has 0 saturated carbocycles. The third-order valence-corrected chi connectivity index (χ3v) is 6.07. The molecule has 1 unspecified atom stereocenters. The second-order valence-electron chi connectivity index (χ2n) is 11.2. The summed E-state index contributed by atoms with van der Waals surface area (Å²) in [5.74, 6) is 0.475. The molecule has 2 aliphatic rings. The summed E-state index contributed by atoms with van der Waals surface area (Å²) in [7, 11) is 1.64. The van der Waals surface area contributed by atoms with Crippen LogP contribution in [0.5, 0.6) is 11.8 Å². The smallest absolute Gasteiger partial charge is 0.410 e. The van der Waals surface area contributed by atoms with Gasteiger partial charge in [-0.05, 0) is 52.8 Å². The minimum atomic E-state index is -0.595. The SMILES string of the molecule is CN=C/C(=C\N)c1cccc(NC(=O)c2cc3c(nc2OC2CCN(C(=O)OC(C)(C)C)C2)OC(C)(C)C3)n1. The topological polar surface area (TPSA) is 141 Å². The number of pyridine rings is 2. The van der Waals surface area contributed by atoms with Crippen molar-refractivity contribution in [2.24, 2.45) is 10.7 Å². The van der Waals surface area contributed by atoms with Crippen molar-refractivity contribution in [3.63, 3.8) is 0 Å². The van der Waals surface area contributed by atoms with Gasteiger partial charge in [0.2, 0.25) is 11.8 Å². The van der Waals surface area contributed by atoms with Gasteiger partial charge in [-0.1, -0.05) is 6.07 Å². The first-order valence-electron chi connectivity index (χ1n) is 12.9. The molecule has 1 saturated heterocycles. The number of nitrogens with zero attached hydrogens (tertiary/aromatic N) is 4. The molecule has 1 fully saturated rings. The summed E-state index contributed by atoms with van der Waals surface area (Å²) in [6.45, 7) is 10.2. The molecule has 2 aromatic rings. The Kier molecular flexibility index (Phi) is 7.80. The Balaban J connectivity index is 1.57. The van der Waals surface area contributed by atoms with E-state index in [-0.39, 0.29) is 17.5 Å². The lowest BCUT2D eigenvalue weighted by Gasteiger charge is -2.24. The fourth-order valence-electron chi connectivity index (χ4n) is 4.40. The van der Waals surface area contributed by atoms with Crippen LogP contribution in [-0.4, -0.2) is 70.5 Å². The molecule has 1 atom stereocenters. The summed E-state index contributed by atoms with van der Waals surface area (Å²) in [5.41, 5.74) is 6.91. The minimum absolute atomic E-state index is 0.136. The number of hydrogen-bond donors (Lipinski definition) is 2. The number of nitrogens with one attached hydrogen (secondary N) is 1. The molecule has 4 rings (SSSR count). The minimum Gasteiger partial charge on any atom is -0.472 e. The van der Waals surface area contributed by atoms with E-state index in [1.54, 1.807) is 42.4 Å². The molecule has 4 heterocycles. The molecule has 11 nitrogen and oxygen atoms in total. The van der Waals surface area contributed by atoms with Gasteiger partial charge >= 0.3 is 6.09 Å². The van der Waals surface area contributed by atoms with Gasteiger partial charge in [0.25, 0.3) is 5.91 Å². The Hall–Kier alpha value is -4.15. The number of carbonyl (C=O) groups excluding carboxylic acids is 2. The number of ether oxygens (including phenoxy) is 3. The molecule has 0 radical (unpaired) electrons. The molecule has 2 amide bonds. The van der Waals surface area contributed by atoms with E-state index in [0.717, 1.165) is 5.56 Å². The van der Waals surface area contributed by atoms with E-state index < -0.39 is 23.2 Å². The first-order valence-corrected chi connectivity index (χ1v) is 12.9. The van der Waals surface area contributed by atoms with Gasteiger partial charge in [0, 0.05) is 50.0 Å². The molecule has 0 aliphatic carbocycles. The second-order valence-corrected chi connectivity index (χ2v) is 11.2. The highest BCUT2D eigenvalue weighted by molar-refractivity contribution is 6.09. The normalized spacial score (nSPS) is 18.6. The Labute approximate surface area is 228 Å². The number of aromatic nitrogens is 2. The maximum absolute atomic E-state index is 13.5. The summed E-state index contributed by atoms with van der Waals surface area (Å²) in [5, 5.41) is 2.84. The summed E-state index contributed by atoms with van der Waals surface area (Å²) in [6, 6.07) is 6.98. The van der Waals surface area contributed by atoms with Crippen molar-refractivity contribution in [2.75, 3.05) is 25.5 Å². The first-order chi connectivity index (χ1) is 18.4. The van der Waals surface area contributed by atoms with Crippen molar-refractivity contribution in [3.05, 3.63) is 47.3 Å². The average molecular weight is 537 g/mol. The molecule has 0 bridgehead atoms. The lowest BCUT2D eigenvalue weighted by Crippen LogP contribution is -2.36. The molecule has 208 valence electrons. The average Bonchev–Trinajstić information content (AvgIpc) is 3.43. The van der Waals surface area contributed by atoms with Crippen LogP contribution in [0.1, 0.15) is 62.7 Å². The highest BCUT2D eigenvalue weighted by atomic mass is 16.6. The third kappa shape index (κ3) is 6.84. The molecule has 11 heteroatoms. The molecular weight excluding hydrogens is 500 g/mol. The van der Waals surface area contributed by atoms with Crippen LogP contribution in [0, 0.1) is 0 Å². The highest BCUT2D eigenvalue weighted by Crippen LogP contribution is 2.37. The van der Waals surface area contributed by atoms with Crippen LogP contribution in [0.3, 0.4) is 0 Å². The van der Waals surface area contributed by atoms with E-state index >= 15 is 0 Å². The number of anilines is 1. The van der Waals surface area contributed by atoms with Gasteiger partial charge in [-0.15, -0.1) is 0 Å². The number of fused-ring (bicyclic) bond motifs is 1.